The Hall–Kier alpha value is -1.96. The lowest BCUT2D eigenvalue weighted by Crippen LogP contribution is -2.22. The summed E-state index contributed by atoms with van der Waals surface area (Å²) >= 11 is 0. The average Bonchev–Trinajstić information content (AvgIpc) is 2.41. The van der Waals surface area contributed by atoms with Crippen molar-refractivity contribution in [2.75, 3.05) is 17.2 Å². The molecule has 2 rings (SSSR count). The van der Waals surface area contributed by atoms with Gasteiger partial charge in [-0.2, -0.15) is 0 Å². The highest BCUT2D eigenvalue weighted by molar-refractivity contribution is 5.51. The Labute approximate surface area is 115 Å². The summed E-state index contributed by atoms with van der Waals surface area (Å²) in [6, 6.07) is 15.0. The molecular weight excluding hydrogens is 232 g/mol. The zero-order valence-electron chi connectivity index (χ0n) is 12.0. The van der Waals surface area contributed by atoms with Gasteiger partial charge in [0.2, 0.25) is 0 Å². The Bertz CT molecular complexity index is 544. The van der Waals surface area contributed by atoms with E-state index in [4.69, 9.17) is 5.73 Å². The number of nitrogen functional groups attached to an aromatic ring is 1. The van der Waals surface area contributed by atoms with Gasteiger partial charge >= 0.3 is 0 Å². The van der Waals surface area contributed by atoms with E-state index in [0.29, 0.717) is 0 Å². The molecule has 2 aromatic rings. The fraction of sp³-hybridized carbons (Fsp3) is 0.294. The lowest BCUT2D eigenvalue weighted by molar-refractivity contribution is 0.832. The van der Waals surface area contributed by atoms with Gasteiger partial charge in [0.05, 0.1) is 0 Å². The van der Waals surface area contributed by atoms with Crippen LogP contribution < -0.4 is 10.6 Å². The zero-order valence-corrected chi connectivity index (χ0v) is 12.0. The summed E-state index contributed by atoms with van der Waals surface area (Å²) in [5, 5.41) is 0. The number of nitrogens with two attached hydrogens (primary N) is 1. The maximum atomic E-state index is 5.98. The average molecular weight is 254 g/mol. The summed E-state index contributed by atoms with van der Waals surface area (Å²) in [5.74, 6) is 0. The molecule has 0 radical (unpaired) electrons. The largest absolute Gasteiger partial charge is 0.399 e. The fourth-order valence-corrected chi connectivity index (χ4v) is 2.15. The third kappa shape index (κ3) is 3.28. The van der Waals surface area contributed by atoms with Crippen LogP contribution in [0.1, 0.15) is 23.6 Å². The normalized spacial score (nSPS) is 10.5. The third-order valence-electron chi connectivity index (χ3n) is 3.50. The number of benzene rings is 2. The lowest BCUT2D eigenvalue weighted by atomic mass is 10.1. The van der Waals surface area contributed by atoms with Crippen molar-refractivity contribution in [2.45, 2.75) is 27.3 Å². The second-order valence-electron chi connectivity index (χ2n) is 5.04. The summed E-state index contributed by atoms with van der Waals surface area (Å²) in [4.78, 5) is 2.35. The van der Waals surface area contributed by atoms with Crippen LogP contribution in [0.15, 0.2) is 42.5 Å². The zero-order chi connectivity index (χ0) is 13.8. The van der Waals surface area contributed by atoms with Gasteiger partial charge in [-0.25, -0.2) is 0 Å². The molecule has 0 unspecified atom stereocenters. The van der Waals surface area contributed by atoms with Crippen molar-refractivity contribution in [1.82, 2.24) is 0 Å². The topological polar surface area (TPSA) is 29.3 Å². The van der Waals surface area contributed by atoms with Gasteiger partial charge in [0, 0.05) is 24.5 Å². The highest BCUT2D eigenvalue weighted by Gasteiger charge is 2.06. The van der Waals surface area contributed by atoms with Crippen LogP contribution in [0.2, 0.25) is 0 Å². The van der Waals surface area contributed by atoms with E-state index in [9.17, 15) is 0 Å². The minimum atomic E-state index is 0.873. The molecule has 0 saturated carbocycles. The molecule has 0 amide bonds. The molecule has 0 fully saturated rings. The number of anilines is 2. The van der Waals surface area contributed by atoms with Crippen LogP contribution in [0.4, 0.5) is 11.4 Å². The molecule has 0 aliphatic heterocycles. The molecule has 0 atom stereocenters. The van der Waals surface area contributed by atoms with Crippen molar-refractivity contribution < 1.29 is 0 Å². The Balaban J connectivity index is 2.18. The van der Waals surface area contributed by atoms with Crippen molar-refractivity contribution in [3.63, 3.8) is 0 Å². The first-order chi connectivity index (χ1) is 9.10. The summed E-state index contributed by atoms with van der Waals surface area (Å²) in [6.45, 7) is 8.20. The molecule has 0 saturated heterocycles. The van der Waals surface area contributed by atoms with Crippen molar-refractivity contribution in [2.24, 2.45) is 0 Å². The van der Waals surface area contributed by atoms with Crippen LogP contribution >= 0.6 is 0 Å². The van der Waals surface area contributed by atoms with Crippen LogP contribution in [0.5, 0.6) is 0 Å². The molecule has 0 heterocycles. The number of rotatable bonds is 4. The van der Waals surface area contributed by atoms with E-state index in [1.54, 1.807) is 0 Å². The predicted molar refractivity (Wildman–Crippen MR) is 83.5 cm³/mol. The molecule has 0 bridgehead atoms. The lowest BCUT2D eigenvalue weighted by Gasteiger charge is -2.23. The van der Waals surface area contributed by atoms with Crippen molar-refractivity contribution in [3.05, 3.63) is 59.2 Å². The molecule has 2 N–H and O–H groups in total. The predicted octanol–water partition coefficient (Wildman–Crippen LogP) is 3.91. The van der Waals surface area contributed by atoms with E-state index in [-0.39, 0.29) is 0 Å². The van der Waals surface area contributed by atoms with Crippen molar-refractivity contribution in [1.29, 1.82) is 0 Å². The first-order valence-electron chi connectivity index (χ1n) is 6.76. The smallest absolute Gasteiger partial charge is 0.0430 e. The number of aryl methyl sites for hydroxylation is 2. The van der Waals surface area contributed by atoms with Gasteiger partial charge in [-0.15, -0.1) is 0 Å². The second kappa shape index (κ2) is 5.79. The Morgan fingerprint density at radius 1 is 1.00 bits per heavy atom. The van der Waals surface area contributed by atoms with E-state index in [1.807, 2.05) is 6.92 Å². The van der Waals surface area contributed by atoms with Crippen LogP contribution in [0.25, 0.3) is 0 Å². The van der Waals surface area contributed by atoms with E-state index < -0.39 is 0 Å². The minimum Gasteiger partial charge on any atom is -0.399 e. The molecule has 2 heteroatoms. The van der Waals surface area contributed by atoms with E-state index in [0.717, 1.165) is 24.3 Å². The first kappa shape index (κ1) is 13.5. The molecule has 0 aliphatic rings. The van der Waals surface area contributed by atoms with Crippen LogP contribution in [-0.2, 0) is 6.54 Å². The fourth-order valence-electron chi connectivity index (χ4n) is 2.15. The van der Waals surface area contributed by atoms with Crippen molar-refractivity contribution in [3.8, 4) is 0 Å². The SMILES string of the molecule is CCN(Cc1ccc(C)c(N)c1)c1ccc(C)cc1. The molecular formula is C17H22N2. The van der Waals surface area contributed by atoms with Crippen LogP contribution in [0.3, 0.4) is 0 Å². The Kier molecular flexibility index (Phi) is 4.10. The van der Waals surface area contributed by atoms with Crippen LogP contribution in [-0.4, -0.2) is 6.54 Å². The van der Waals surface area contributed by atoms with Crippen molar-refractivity contribution >= 4 is 11.4 Å². The monoisotopic (exact) mass is 254 g/mol. The number of hydrogen-bond acceptors (Lipinski definition) is 2. The summed E-state index contributed by atoms with van der Waals surface area (Å²) in [7, 11) is 0. The summed E-state index contributed by atoms with van der Waals surface area (Å²) < 4.78 is 0. The number of hydrogen-bond donors (Lipinski definition) is 1. The third-order valence-corrected chi connectivity index (χ3v) is 3.50. The summed E-state index contributed by atoms with van der Waals surface area (Å²) in [5.41, 5.74) is 11.8. The van der Waals surface area contributed by atoms with Gasteiger partial charge < -0.3 is 10.6 Å². The first-order valence-corrected chi connectivity index (χ1v) is 6.76. The quantitative estimate of drug-likeness (QED) is 0.838. The van der Waals surface area contributed by atoms with Gasteiger partial charge in [-0.05, 0) is 50.1 Å². The highest BCUT2D eigenvalue weighted by atomic mass is 15.1. The molecule has 0 aliphatic carbocycles. The maximum Gasteiger partial charge on any atom is 0.0430 e. The van der Waals surface area contributed by atoms with E-state index >= 15 is 0 Å². The van der Waals surface area contributed by atoms with Gasteiger partial charge in [-0.3, -0.25) is 0 Å². The van der Waals surface area contributed by atoms with Gasteiger partial charge in [-0.1, -0.05) is 29.8 Å². The molecule has 0 aromatic heterocycles. The van der Waals surface area contributed by atoms with E-state index in [2.05, 4.69) is 61.2 Å². The molecule has 2 aromatic carbocycles. The molecule has 0 spiro atoms. The van der Waals surface area contributed by atoms with Gasteiger partial charge in [0.25, 0.3) is 0 Å². The Morgan fingerprint density at radius 3 is 2.26 bits per heavy atom. The second-order valence-corrected chi connectivity index (χ2v) is 5.04. The summed E-state index contributed by atoms with van der Waals surface area (Å²) in [6.07, 6.45) is 0. The van der Waals surface area contributed by atoms with Gasteiger partial charge in [0.15, 0.2) is 0 Å². The minimum absolute atomic E-state index is 0.873. The maximum absolute atomic E-state index is 5.98. The molecule has 100 valence electrons. The Morgan fingerprint density at radius 2 is 1.68 bits per heavy atom. The highest BCUT2D eigenvalue weighted by Crippen LogP contribution is 2.20. The van der Waals surface area contributed by atoms with Crippen LogP contribution in [0, 0.1) is 13.8 Å². The molecule has 19 heavy (non-hydrogen) atoms. The standard InChI is InChI=1S/C17H22N2/c1-4-19(16-9-5-13(2)6-10-16)12-15-8-7-14(3)17(18)11-15/h5-11H,4,12,18H2,1-3H3. The number of nitrogens with zero attached hydrogens (tertiary/aromatic N) is 1. The van der Waals surface area contributed by atoms with Gasteiger partial charge in [0.1, 0.15) is 0 Å². The van der Waals surface area contributed by atoms with E-state index in [1.165, 1.54) is 16.8 Å². The molecule has 2 nitrogen and oxygen atoms in total.